The number of para-hydroxylation sites is 2. The molecule has 0 saturated carbocycles. The van der Waals surface area contributed by atoms with Crippen molar-refractivity contribution in [2.24, 2.45) is 5.73 Å². The van der Waals surface area contributed by atoms with Crippen LogP contribution in [-0.4, -0.2) is 35.4 Å². The van der Waals surface area contributed by atoms with E-state index in [1.54, 1.807) is 18.2 Å². The number of carbonyl (C=O) groups is 2. The lowest BCUT2D eigenvalue weighted by atomic mass is 10.2. The first-order valence-electron chi connectivity index (χ1n) is 6.24. The number of nitrogens with two attached hydrogens (primary N) is 1. The Hall–Kier alpha value is -2.85. The predicted molar refractivity (Wildman–Crippen MR) is 76.9 cm³/mol. The van der Waals surface area contributed by atoms with Gasteiger partial charge >= 0.3 is 0 Å². The van der Waals surface area contributed by atoms with Crippen molar-refractivity contribution in [2.45, 2.75) is 6.42 Å². The van der Waals surface area contributed by atoms with Crippen LogP contribution in [0, 0.1) is 11.3 Å². The number of nitrogens with one attached hydrogen (secondary N) is 1. The van der Waals surface area contributed by atoms with Crippen molar-refractivity contribution in [3.63, 3.8) is 0 Å². The molecule has 0 unspecified atom stereocenters. The highest BCUT2D eigenvalue weighted by molar-refractivity contribution is 6.07. The molecule has 0 radical (unpaired) electrons. The number of nitrogens with zero attached hydrogens (tertiary/aromatic N) is 2. The van der Waals surface area contributed by atoms with E-state index in [0.29, 0.717) is 25.9 Å². The van der Waals surface area contributed by atoms with Crippen LogP contribution in [0.5, 0.6) is 5.75 Å². The Labute approximate surface area is 122 Å². The fourth-order valence-corrected chi connectivity index (χ4v) is 1.49. The second-order valence-electron chi connectivity index (χ2n) is 4.11. The van der Waals surface area contributed by atoms with E-state index in [2.05, 4.69) is 5.32 Å². The lowest BCUT2D eigenvalue weighted by molar-refractivity contribution is -0.116. The maximum Gasteiger partial charge on any atom is 0.267 e. The standard InChI is InChI=1S/C14H16N4O3/c15-6-3-7-18(10-19)9-11(8-16)14(21)17-12-4-1-2-5-13(12)20/h1-2,4-5,9-10,20H,3,6-7,15H2,(H,17,21)/b11-9-. The topological polar surface area (TPSA) is 119 Å². The second kappa shape index (κ2) is 8.35. The summed E-state index contributed by atoms with van der Waals surface area (Å²) in [6, 6.07) is 7.85. The van der Waals surface area contributed by atoms with Crippen LogP contribution in [0.25, 0.3) is 0 Å². The number of amides is 2. The van der Waals surface area contributed by atoms with Crippen molar-refractivity contribution in [1.82, 2.24) is 4.90 Å². The van der Waals surface area contributed by atoms with E-state index in [1.165, 1.54) is 17.0 Å². The summed E-state index contributed by atoms with van der Waals surface area (Å²) in [4.78, 5) is 24.0. The average molecular weight is 288 g/mol. The normalized spacial score (nSPS) is 10.6. The molecule has 4 N–H and O–H groups in total. The largest absolute Gasteiger partial charge is 0.506 e. The molecular weight excluding hydrogens is 272 g/mol. The minimum atomic E-state index is -0.710. The van der Waals surface area contributed by atoms with Crippen molar-refractivity contribution in [3.8, 4) is 11.8 Å². The summed E-state index contributed by atoms with van der Waals surface area (Å²) in [5.41, 5.74) is 5.27. The van der Waals surface area contributed by atoms with Gasteiger partial charge in [0.15, 0.2) is 0 Å². The van der Waals surface area contributed by atoms with Crippen molar-refractivity contribution in [2.75, 3.05) is 18.4 Å². The van der Waals surface area contributed by atoms with Gasteiger partial charge in [-0.1, -0.05) is 12.1 Å². The van der Waals surface area contributed by atoms with Crippen molar-refractivity contribution < 1.29 is 14.7 Å². The highest BCUT2D eigenvalue weighted by Gasteiger charge is 2.12. The first-order chi connectivity index (χ1) is 10.1. The summed E-state index contributed by atoms with van der Waals surface area (Å²) in [7, 11) is 0. The third-order valence-electron chi connectivity index (χ3n) is 2.57. The number of hydrogen-bond acceptors (Lipinski definition) is 5. The van der Waals surface area contributed by atoms with E-state index in [-0.39, 0.29) is 17.0 Å². The molecule has 1 aromatic carbocycles. The summed E-state index contributed by atoms with van der Waals surface area (Å²) in [5, 5.41) is 21.0. The van der Waals surface area contributed by atoms with Crippen LogP contribution < -0.4 is 11.1 Å². The third kappa shape index (κ3) is 4.97. The zero-order valence-corrected chi connectivity index (χ0v) is 11.3. The Morgan fingerprint density at radius 2 is 2.19 bits per heavy atom. The van der Waals surface area contributed by atoms with Crippen LogP contribution in [0.1, 0.15) is 6.42 Å². The second-order valence-corrected chi connectivity index (χ2v) is 4.11. The molecule has 0 saturated heterocycles. The van der Waals surface area contributed by atoms with Crippen LogP contribution in [0.3, 0.4) is 0 Å². The minimum Gasteiger partial charge on any atom is -0.506 e. The predicted octanol–water partition coefficient (Wildman–Crippen LogP) is 0.545. The molecule has 7 heteroatoms. The van der Waals surface area contributed by atoms with Gasteiger partial charge in [0.1, 0.15) is 17.4 Å². The van der Waals surface area contributed by atoms with Gasteiger partial charge in [0.25, 0.3) is 5.91 Å². The SMILES string of the molecule is N#C/C(=C/N(C=O)CCCN)C(=O)Nc1ccccc1O. The van der Waals surface area contributed by atoms with Gasteiger partial charge < -0.3 is 21.1 Å². The molecule has 1 rings (SSSR count). The van der Waals surface area contributed by atoms with Crippen LogP contribution in [-0.2, 0) is 9.59 Å². The number of benzene rings is 1. The Morgan fingerprint density at radius 1 is 1.48 bits per heavy atom. The Kier molecular flexibility index (Phi) is 6.44. The molecule has 7 nitrogen and oxygen atoms in total. The Balaban J connectivity index is 2.84. The van der Waals surface area contributed by atoms with E-state index in [1.807, 2.05) is 0 Å². The van der Waals surface area contributed by atoms with E-state index >= 15 is 0 Å². The van der Waals surface area contributed by atoms with E-state index in [0.717, 1.165) is 6.20 Å². The number of phenolic OH excluding ortho intramolecular Hbond substituents is 1. The molecule has 21 heavy (non-hydrogen) atoms. The first kappa shape index (κ1) is 16.2. The monoisotopic (exact) mass is 288 g/mol. The molecule has 0 spiro atoms. The highest BCUT2D eigenvalue weighted by atomic mass is 16.3. The average Bonchev–Trinajstić information content (AvgIpc) is 2.50. The molecule has 110 valence electrons. The molecule has 0 atom stereocenters. The summed E-state index contributed by atoms with van der Waals surface area (Å²) < 4.78 is 0. The fourth-order valence-electron chi connectivity index (χ4n) is 1.49. The summed E-state index contributed by atoms with van der Waals surface area (Å²) in [6.07, 6.45) is 2.22. The first-order valence-corrected chi connectivity index (χ1v) is 6.24. The smallest absolute Gasteiger partial charge is 0.267 e. The Bertz CT molecular complexity index is 578. The lowest BCUT2D eigenvalue weighted by Gasteiger charge is -2.12. The fraction of sp³-hybridized carbons (Fsp3) is 0.214. The van der Waals surface area contributed by atoms with E-state index in [4.69, 9.17) is 11.0 Å². The van der Waals surface area contributed by atoms with Crippen LogP contribution >= 0.6 is 0 Å². The zero-order valence-electron chi connectivity index (χ0n) is 11.3. The number of nitriles is 1. The Morgan fingerprint density at radius 3 is 2.76 bits per heavy atom. The molecule has 0 aromatic heterocycles. The molecule has 0 aliphatic rings. The van der Waals surface area contributed by atoms with Crippen molar-refractivity contribution in [1.29, 1.82) is 5.26 Å². The van der Waals surface area contributed by atoms with Gasteiger partial charge in [-0.15, -0.1) is 0 Å². The van der Waals surface area contributed by atoms with Gasteiger partial charge in [0.05, 0.1) is 5.69 Å². The number of carbonyl (C=O) groups excluding carboxylic acids is 2. The molecule has 2 amide bonds. The summed E-state index contributed by atoms with van der Waals surface area (Å²) in [6.45, 7) is 0.708. The molecule has 1 aromatic rings. The van der Waals surface area contributed by atoms with Gasteiger partial charge in [0.2, 0.25) is 6.41 Å². The molecular formula is C14H16N4O3. The van der Waals surface area contributed by atoms with Gasteiger partial charge in [0, 0.05) is 12.7 Å². The molecule has 0 aliphatic heterocycles. The number of aromatic hydroxyl groups is 1. The highest BCUT2D eigenvalue weighted by Crippen LogP contribution is 2.21. The maximum absolute atomic E-state index is 11.9. The molecule has 0 aliphatic carbocycles. The van der Waals surface area contributed by atoms with Gasteiger partial charge in [-0.2, -0.15) is 5.26 Å². The third-order valence-corrected chi connectivity index (χ3v) is 2.57. The number of anilines is 1. The van der Waals surface area contributed by atoms with Gasteiger partial charge in [-0.25, -0.2) is 0 Å². The molecule has 0 heterocycles. The summed E-state index contributed by atoms with van der Waals surface area (Å²) >= 11 is 0. The van der Waals surface area contributed by atoms with Crippen LogP contribution in [0.2, 0.25) is 0 Å². The quantitative estimate of drug-likeness (QED) is 0.293. The van der Waals surface area contributed by atoms with Gasteiger partial charge in [-0.3, -0.25) is 9.59 Å². The number of rotatable bonds is 7. The summed E-state index contributed by atoms with van der Waals surface area (Å²) in [5.74, 6) is -0.822. The van der Waals surface area contributed by atoms with Crippen LogP contribution in [0.15, 0.2) is 36.0 Å². The van der Waals surface area contributed by atoms with E-state index in [9.17, 15) is 14.7 Å². The molecule has 0 bridgehead atoms. The van der Waals surface area contributed by atoms with Gasteiger partial charge in [-0.05, 0) is 25.1 Å². The maximum atomic E-state index is 11.9. The van der Waals surface area contributed by atoms with Crippen LogP contribution in [0.4, 0.5) is 5.69 Å². The lowest BCUT2D eigenvalue weighted by Crippen LogP contribution is -2.22. The van der Waals surface area contributed by atoms with Crippen molar-refractivity contribution in [3.05, 3.63) is 36.0 Å². The van der Waals surface area contributed by atoms with E-state index < -0.39 is 5.91 Å². The van der Waals surface area contributed by atoms with Crippen molar-refractivity contribution >= 4 is 18.0 Å². The molecule has 0 fully saturated rings. The number of phenols is 1. The minimum absolute atomic E-state index is 0.112. The number of hydrogen-bond donors (Lipinski definition) is 3. The zero-order chi connectivity index (χ0) is 15.7.